The Labute approximate surface area is 264 Å². The zero-order chi connectivity index (χ0) is 33.6. The maximum atomic E-state index is 13.4. The summed E-state index contributed by atoms with van der Waals surface area (Å²) in [6.45, 7) is 13.1. The van der Waals surface area contributed by atoms with Gasteiger partial charge in [0.1, 0.15) is 22.6 Å². The Kier molecular flexibility index (Phi) is 11.5. The number of carbonyl (C=O) groups excluding carboxylic acids is 4. The van der Waals surface area contributed by atoms with E-state index in [-0.39, 0.29) is 32.0 Å². The summed E-state index contributed by atoms with van der Waals surface area (Å²) in [7, 11) is 1.56. The first kappa shape index (κ1) is 35.7. The molecule has 3 N–H and O–H groups in total. The van der Waals surface area contributed by atoms with Gasteiger partial charge in [-0.05, 0) is 65.7 Å². The van der Waals surface area contributed by atoms with Gasteiger partial charge in [-0.1, -0.05) is 12.1 Å². The van der Waals surface area contributed by atoms with Gasteiger partial charge in [-0.3, -0.25) is 14.6 Å². The van der Waals surface area contributed by atoms with Crippen molar-refractivity contribution in [1.82, 2.24) is 20.4 Å². The summed E-state index contributed by atoms with van der Waals surface area (Å²) in [6, 6.07) is 6.50. The number of hydrogen-bond donors (Lipinski definition) is 3. The lowest BCUT2D eigenvalue weighted by Crippen LogP contribution is -2.66. The number of hydrogen-bond acceptors (Lipinski definition) is 11. The topological polar surface area (TPSA) is 165 Å². The number of ether oxygens (including phenoxy) is 5. The fourth-order valence-electron chi connectivity index (χ4n) is 5.10. The number of nitrogens with one attached hydrogen (secondary N) is 2. The molecule has 2 saturated heterocycles. The maximum absolute atomic E-state index is 13.4. The molecule has 252 valence electrons. The van der Waals surface area contributed by atoms with Crippen LogP contribution in [0.1, 0.15) is 54.0 Å². The molecule has 3 amide bonds. The third kappa shape index (κ3) is 11.3. The monoisotopic (exact) mass is 636 g/mol. The predicted molar refractivity (Wildman–Crippen MR) is 163 cm³/mol. The summed E-state index contributed by atoms with van der Waals surface area (Å²) in [5.41, 5.74) is -1.82. The van der Waals surface area contributed by atoms with Gasteiger partial charge in [-0.15, -0.1) is 0 Å². The fraction of sp³-hybridized carbons (Fsp3) is 0.677. The molecular formula is C31H48N4O10. The van der Waals surface area contributed by atoms with Crippen molar-refractivity contribution in [2.24, 2.45) is 0 Å². The molecule has 14 heteroatoms. The second-order valence-electron chi connectivity index (χ2n) is 13.5. The van der Waals surface area contributed by atoms with Gasteiger partial charge in [-0.2, -0.15) is 0 Å². The Balaban J connectivity index is 1.75. The van der Waals surface area contributed by atoms with Crippen molar-refractivity contribution in [3.63, 3.8) is 0 Å². The van der Waals surface area contributed by atoms with Gasteiger partial charge in [-0.25, -0.2) is 14.4 Å². The van der Waals surface area contributed by atoms with E-state index in [1.165, 1.54) is 11.8 Å². The number of β-amino-alcohol motifs (C(OH)–C–C–N with tert-alkyl or cyclic N) is 1. The minimum absolute atomic E-state index is 0.0897. The van der Waals surface area contributed by atoms with E-state index in [2.05, 4.69) is 10.6 Å². The molecule has 2 heterocycles. The van der Waals surface area contributed by atoms with Gasteiger partial charge in [0.25, 0.3) is 0 Å². The molecule has 0 unspecified atom stereocenters. The highest BCUT2D eigenvalue weighted by Crippen LogP contribution is 2.30. The van der Waals surface area contributed by atoms with Crippen LogP contribution in [0.3, 0.4) is 0 Å². The minimum Gasteiger partial charge on any atom is -0.497 e. The zero-order valence-electron chi connectivity index (χ0n) is 27.5. The van der Waals surface area contributed by atoms with Crippen LogP contribution in [0.2, 0.25) is 0 Å². The van der Waals surface area contributed by atoms with Crippen LogP contribution in [-0.2, 0) is 30.2 Å². The molecule has 2 aliphatic rings. The van der Waals surface area contributed by atoms with Crippen LogP contribution < -0.4 is 15.4 Å². The summed E-state index contributed by atoms with van der Waals surface area (Å²) in [6.07, 6.45) is -4.21. The molecular weight excluding hydrogens is 588 g/mol. The largest absolute Gasteiger partial charge is 0.509 e. The molecule has 14 nitrogen and oxygen atoms in total. The molecule has 2 fully saturated rings. The van der Waals surface area contributed by atoms with Gasteiger partial charge in [0.2, 0.25) is 5.91 Å². The SMILES string of the molecule is COc1ccc(C[C@@H]2[C@H](OC(=O)NCCN3CC(O)(CNC(C)=O)C3)[C@@H](OC(=O)OC(C)(C)C)CN2C(=O)OC(C)(C)C)cc1. The number of likely N-dealkylation sites (tertiary alicyclic amines) is 2. The molecule has 0 spiro atoms. The van der Waals surface area contributed by atoms with E-state index in [1.807, 2.05) is 17.0 Å². The Morgan fingerprint density at radius 1 is 0.956 bits per heavy atom. The summed E-state index contributed by atoms with van der Waals surface area (Å²) < 4.78 is 27.8. The van der Waals surface area contributed by atoms with Gasteiger partial charge >= 0.3 is 18.3 Å². The number of methoxy groups -OCH3 is 1. The van der Waals surface area contributed by atoms with E-state index in [0.717, 1.165) is 5.56 Å². The molecule has 45 heavy (non-hydrogen) atoms. The summed E-state index contributed by atoms with van der Waals surface area (Å²) in [5.74, 6) is 0.436. The fourth-order valence-corrected chi connectivity index (χ4v) is 5.10. The van der Waals surface area contributed by atoms with Gasteiger partial charge < -0.3 is 39.4 Å². The van der Waals surface area contributed by atoms with Crippen molar-refractivity contribution in [3.8, 4) is 5.75 Å². The lowest BCUT2D eigenvalue weighted by molar-refractivity contribution is -0.125. The molecule has 0 bridgehead atoms. The van der Waals surface area contributed by atoms with Crippen LogP contribution in [0.15, 0.2) is 24.3 Å². The van der Waals surface area contributed by atoms with Crippen molar-refractivity contribution >= 4 is 24.2 Å². The van der Waals surface area contributed by atoms with Gasteiger partial charge in [0, 0.05) is 39.6 Å². The van der Waals surface area contributed by atoms with Crippen molar-refractivity contribution in [2.75, 3.05) is 46.4 Å². The number of carbonyl (C=O) groups is 4. The molecule has 3 atom stereocenters. The number of rotatable bonds is 10. The Hall–Kier alpha value is -3.78. The standard InChI is InChI=1S/C31H48N4O10/c1-20(36)33-17-31(40)18-34(19-31)14-13-32-26(37)43-25-23(15-21-9-11-22(41-8)12-10-21)35(27(38)44-29(2,3)4)16-24(25)42-28(39)45-30(5,6)7/h9-12,23-25,40H,13-19H2,1-8H3,(H,32,37)(H,33,36)/t23-,24+,25+/m1/s1. The number of amides is 3. The maximum Gasteiger partial charge on any atom is 0.509 e. The van der Waals surface area contributed by atoms with Crippen molar-refractivity contribution < 1.29 is 48.0 Å². The third-order valence-corrected chi connectivity index (χ3v) is 7.03. The van der Waals surface area contributed by atoms with E-state index < -0.39 is 53.4 Å². The smallest absolute Gasteiger partial charge is 0.497 e. The molecule has 2 aliphatic heterocycles. The molecule has 0 saturated carbocycles. The summed E-state index contributed by atoms with van der Waals surface area (Å²) in [4.78, 5) is 53.6. The number of alkyl carbamates (subject to hydrolysis) is 1. The van der Waals surface area contributed by atoms with Crippen LogP contribution >= 0.6 is 0 Å². The first-order valence-electron chi connectivity index (χ1n) is 15.0. The van der Waals surface area contributed by atoms with Crippen LogP contribution in [0.4, 0.5) is 14.4 Å². The molecule has 1 aromatic rings. The Morgan fingerprint density at radius 3 is 2.13 bits per heavy atom. The molecule has 0 aromatic heterocycles. The quantitative estimate of drug-likeness (QED) is 0.255. The first-order chi connectivity index (χ1) is 20.9. The highest BCUT2D eigenvalue weighted by molar-refractivity contribution is 5.73. The Bertz CT molecular complexity index is 1190. The minimum atomic E-state index is -1.06. The van der Waals surface area contributed by atoms with Crippen molar-refractivity contribution in [1.29, 1.82) is 0 Å². The first-order valence-corrected chi connectivity index (χ1v) is 15.0. The van der Waals surface area contributed by atoms with Crippen LogP contribution in [-0.4, -0.2) is 121 Å². The average Bonchev–Trinajstić information content (AvgIpc) is 3.21. The average molecular weight is 637 g/mol. The van der Waals surface area contributed by atoms with Gasteiger partial charge in [0.05, 0.1) is 19.7 Å². The van der Waals surface area contributed by atoms with Gasteiger partial charge in [0.15, 0.2) is 12.2 Å². The predicted octanol–water partition coefficient (Wildman–Crippen LogP) is 2.45. The molecule has 1 aromatic carbocycles. The highest BCUT2D eigenvalue weighted by atomic mass is 16.7. The number of aliphatic hydroxyl groups is 1. The number of nitrogens with zero attached hydrogens (tertiary/aromatic N) is 2. The van der Waals surface area contributed by atoms with Crippen molar-refractivity contribution in [3.05, 3.63) is 29.8 Å². The summed E-state index contributed by atoms with van der Waals surface area (Å²) >= 11 is 0. The zero-order valence-corrected chi connectivity index (χ0v) is 27.5. The number of benzene rings is 1. The highest BCUT2D eigenvalue weighted by Gasteiger charge is 2.50. The Morgan fingerprint density at radius 2 is 1.58 bits per heavy atom. The lowest BCUT2D eigenvalue weighted by atomic mass is 9.94. The van der Waals surface area contributed by atoms with Crippen LogP contribution in [0.5, 0.6) is 5.75 Å². The molecule has 3 rings (SSSR count). The van der Waals surface area contributed by atoms with E-state index >= 15 is 0 Å². The van der Waals surface area contributed by atoms with E-state index in [0.29, 0.717) is 25.4 Å². The second-order valence-corrected chi connectivity index (χ2v) is 13.5. The van der Waals surface area contributed by atoms with Crippen molar-refractivity contribution in [2.45, 2.75) is 89.9 Å². The lowest BCUT2D eigenvalue weighted by Gasteiger charge is -2.46. The third-order valence-electron chi connectivity index (χ3n) is 7.03. The van der Waals surface area contributed by atoms with Crippen LogP contribution in [0.25, 0.3) is 0 Å². The molecule has 0 radical (unpaired) electrons. The van der Waals surface area contributed by atoms with E-state index in [1.54, 1.807) is 60.8 Å². The van der Waals surface area contributed by atoms with E-state index in [4.69, 9.17) is 23.7 Å². The normalized spacial score (nSPS) is 21.3. The second kappa shape index (κ2) is 14.5. The van der Waals surface area contributed by atoms with E-state index in [9.17, 15) is 24.3 Å². The summed E-state index contributed by atoms with van der Waals surface area (Å²) in [5, 5.41) is 15.8. The molecule has 0 aliphatic carbocycles. The van der Waals surface area contributed by atoms with Crippen LogP contribution in [0, 0.1) is 0 Å².